The van der Waals surface area contributed by atoms with E-state index in [2.05, 4.69) is 51.4 Å². The van der Waals surface area contributed by atoms with Crippen LogP contribution in [0.2, 0.25) is 0 Å². The summed E-state index contributed by atoms with van der Waals surface area (Å²) in [6, 6.07) is 10.7. The maximum Gasteiger partial charge on any atom is 0.131 e. The molecule has 3 aromatic rings. The molecule has 1 saturated carbocycles. The quantitative estimate of drug-likeness (QED) is 0.806. The van der Waals surface area contributed by atoms with Crippen molar-refractivity contribution < 1.29 is 0 Å². The lowest BCUT2D eigenvalue weighted by molar-refractivity contribution is 0.240. The number of para-hydroxylation sites is 1. The van der Waals surface area contributed by atoms with Gasteiger partial charge in [-0.15, -0.1) is 0 Å². The zero-order chi connectivity index (χ0) is 15.2. The Morgan fingerprint density at radius 3 is 3.00 bits per heavy atom. The maximum atomic E-state index is 4.81. The Bertz CT molecular complexity index is 830. The van der Waals surface area contributed by atoms with Gasteiger partial charge in [0.2, 0.25) is 0 Å². The van der Waals surface area contributed by atoms with Crippen LogP contribution in [-0.4, -0.2) is 26.4 Å². The maximum absolute atomic E-state index is 4.81. The van der Waals surface area contributed by atoms with E-state index in [1.165, 1.54) is 40.7 Å². The topological polar surface area (TPSA) is 44.8 Å². The van der Waals surface area contributed by atoms with Gasteiger partial charge < -0.3 is 4.98 Å². The minimum atomic E-state index is 0.643. The predicted molar refractivity (Wildman–Crippen MR) is 90.1 cm³/mol. The van der Waals surface area contributed by atoms with Gasteiger partial charge in [0.1, 0.15) is 5.82 Å². The van der Waals surface area contributed by atoms with Crippen molar-refractivity contribution in [3.63, 3.8) is 0 Å². The Morgan fingerprint density at radius 1 is 1.22 bits per heavy atom. The average Bonchev–Trinajstić information content (AvgIpc) is 3.34. The summed E-state index contributed by atoms with van der Waals surface area (Å²) in [7, 11) is 0. The van der Waals surface area contributed by atoms with Gasteiger partial charge in [-0.1, -0.05) is 18.2 Å². The summed E-state index contributed by atoms with van der Waals surface area (Å²) in [6.45, 7) is 2.98. The van der Waals surface area contributed by atoms with Crippen molar-refractivity contribution in [1.82, 2.24) is 19.9 Å². The predicted octanol–water partition coefficient (Wildman–Crippen LogP) is 3.39. The highest BCUT2D eigenvalue weighted by Gasteiger charge is 2.28. The van der Waals surface area contributed by atoms with Crippen molar-refractivity contribution in [2.24, 2.45) is 0 Å². The molecule has 1 fully saturated rings. The molecule has 5 rings (SSSR count). The summed E-state index contributed by atoms with van der Waals surface area (Å²) in [5.74, 6) is 1.72. The van der Waals surface area contributed by atoms with Gasteiger partial charge in [-0.3, -0.25) is 4.90 Å². The van der Waals surface area contributed by atoms with Crippen molar-refractivity contribution in [3.8, 4) is 0 Å². The number of fused-ring (bicyclic) bond motifs is 2. The lowest BCUT2D eigenvalue weighted by Crippen LogP contribution is -2.31. The van der Waals surface area contributed by atoms with Gasteiger partial charge in [0.05, 0.1) is 0 Å². The van der Waals surface area contributed by atoms with Crippen LogP contribution in [0.4, 0.5) is 0 Å². The summed E-state index contributed by atoms with van der Waals surface area (Å²) in [5.41, 5.74) is 5.08. The molecule has 0 bridgehead atoms. The lowest BCUT2D eigenvalue weighted by atomic mass is 10.1. The first-order valence-electron chi connectivity index (χ1n) is 8.49. The largest absolute Gasteiger partial charge is 0.357 e. The zero-order valence-electron chi connectivity index (χ0n) is 13.1. The molecule has 0 radical (unpaired) electrons. The Hall–Kier alpha value is -2.20. The third-order valence-electron chi connectivity index (χ3n) is 4.95. The van der Waals surface area contributed by atoms with E-state index in [9.17, 15) is 0 Å². The van der Waals surface area contributed by atoms with Gasteiger partial charge in [-0.05, 0) is 30.4 Å². The number of rotatable bonds is 3. The minimum Gasteiger partial charge on any atom is -0.357 e. The van der Waals surface area contributed by atoms with Crippen LogP contribution in [0.15, 0.2) is 36.5 Å². The van der Waals surface area contributed by atoms with E-state index >= 15 is 0 Å². The Kier molecular flexibility index (Phi) is 2.98. The summed E-state index contributed by atoms with van der Waals surface area (Å²) in [5, 5.41) is 1.29. The van der Waals surface area contributed by atoms with Crippen LogP contribution in [0.1, 0.15) is 41.5 Å². The van der Waals surface area contributed by atoms with Gasteiger partial charge in [-0.25, -0.2) is 9.97 Å². The van der Waals surface area contributed by atoms with Gasteiger partial charge in [0, 0.05) is 60.6 Å². The number of hydrogen-bond donors (Lipinski definition) is 1. The second kappa shape index (κ2) is 5.17. The van der Waals surface area contributed by atoms with E-state index < -0.39 is 0 Å². The molecule has 1 aromatic carbocycles. The molecule has 1 aliphatic carbocycles. The fourth-order valence-corrected chi connectivity index (χ4v) is 3.52. The first-order chi connectivity index (χ1) is 11.3. The molecule has 0 amide bonds. The molecule has 2 aliphatic rings. The SMILES string of the molecule is c1ccc2[nH]c(CN3CCc4nc(C5CC5)ncc4C3)cc2c1. The highest BCUT2D eigenvalue weighted by molar-refractivity contribution is 5.80. The van der Waals surface area contributed by atoms with E-state index in [1.807, 2.05) is 0 Å². The molecule has 0 atom stereocenters. The second-order valence-corrected chi connectivity index (χ2v) is 6.82. The van der Waals surface area contributed by atoms with Crippen molar-refractivity contribution in [2.45, 2.75) is 38.3 Å². The van der Waals surface area contributed by atoms with E-state index in [0.29, 0.717) is 5.92 Å². The highest BCUT2D eigenvalue weighted by atomic mass is 15.1. The summed E-state index contributed by atoms with van der Waals surface area (Å²) in [6.07, 6.45) is 5.64. The molecule has 0 saturated heterocycles. The van der Waals surface area contributed by atoms with E-state index in [4.69, 9.17) is 4.98 Å². The molecule has 4 nitrogen and oxygen atoms in total. The number of hydrogen-bond acceptors (Lipinski definition) is 3. The van der Waals surface area contributed by atoms with Crippen LogP contribution in [0.25, 0.3) is 10.9 Å². The monoisotopic (exact) mass is 304 g/mol. The lowest BCUT2D eigenvalue weighted by Gasteiger charge is -2.27. The summed E-state index contributed by atoms with van der Waals surface area (Å²) < 4.78 is 0. The first-order valence-corrected chi connectivity index (χ1v) is 8.49. The number of nitrogens with zero attached hydrogens (tertiary/aromatic N) is 3. The molecule has 1 N–H and O–H groups in total. The molecular weight excluding hydrogens is 284 g/mol. The number of aromatic nitrogens is 3. The molecule has 23 heavy (non-hydrogen) atoms. The molecule has 0 spiro atoms. The summed E-state index contributed by atoms with van der Waals surface area (Å²) in [4.78, 5) is 15.4. The zero-order valence-corrected chi connectivity index (χ0v) is 13.1. The number of benzene rings is 1. The van der Waals surface area contributed by atoms with Gasteiger partial charge in [0.15, 0.2) is 0 Å². The minimum absolute atomic E-state index is 0.643. The fourth-order valence-electron chi connectivity index (χ4n) is 3.52. The molecular formula is C19H20N4. The molecule has 2 aromatic heterocycles. The third-order valence-corrected chi connectivity index (χ3v) is 4.95. The van der Waals surface area contributed by atoms with E-state index in [1.54, 1.807) is 0 Å². The summed E-state index contributed by atoms with van der Waals surface area (Å²) >= 11 is 0. The number of nitrogens with one attached hydrogen (secondary N) is 1. The van der Waals surface area contributed by atoms with Crippen LogP contribution in [0.5, 0.6) is 0 Å². The van der Waals surface area contributed by atoms with Crippen LogP contribution in [-0.2, 0) is 19.5 Å². The third kappa shape index (κ3) is 2.53. The second-order valence-electron chi connectivity index (χ2n) is 6.82. The standard InChI is InChI=1S/C19H20N4/c1-2-4-17-14(3-1)9-16(21-17)12-23-8-7-18-15(11-23)10-20-19(22-18)13-5-6-13/h1-4,9-10,13,21H,5-8,11-12H2. The van der Waals surface area contributed by atoms with E-state index in [0.717, 1.165) is 31.9 Å². The molecule has 116 valence electrons. The average molecular weight is 304 g/mol. The fraction of sp³-hybridized carbons (Fsp3) is 0.368. The Morgan fingerprint density at radius 2 is 2.13 bits per heavy atom. The van der Waals surface area contributed by atoms with Gasteiger partial charge >= 0.3 is 0 Å². The normalized spacial score (nSPS) is 18.3. The smallest absolute Gasteiger partial charge is 0.131 e. The molecule has 4 heteroatoms. The van der Waals surface area contributed by atoms with E-state index in [-0.39, 0.29) is 0 Å². The Labute approximate surface area is 135 Å². The van der Waals surface area contributed by atoms with Crippen LogP contribution in [0, 0.1) is 0 Å². The first kappa shape index (κ1) is 13.3. The van der Waals surface area contributed by atoms with Crippen LogP contribution < -0.4 is 0 Å². The van der Waals surface area contributed by atoms with Crippen LogP contribution in [0.3, 0.4) is 0 Å². The van der Waals surface area contributed by atoms with Gasteiger partial charge in [0.25, 0.3) is 0 Å². The Balaban J connectivity index is 1.34. The van der Waals surface area contributed by atoms with Crippen LogP contribution >= 0.6 is 0 Å². The highest BCUT2D eigenvalue weighted by Crippen LogP contribution is 2.38. The van der Waals surface area contributed by atoms with Crippen molar-refractivity contribution in [1.29, 1.82) is 0 Å². The van der Waals surface area contributed by atoms with Gasteiger partial charge in [-0.2, -0.15) is 0 Å². The molecule has 1 aliphatic heterocycles. The number of H-pyrrole nitrogens is 1. The molecule has 0 unspecified atom stereocenters. The molecule has 3 heterocycles. The van der Waals surface area contributed by atoms with Crippen molar-refractivity contribution >= 4 is 10.9 Å². The van der Waals surface area contributed by atoms with Crippen molar-refractivity contribution in [2.75, 3.05) is 6.54 Å². The number of aromatic amines is 1. The van der Waals surface area contributed by atoms with Crippen molar-refractivity contribution in [3.05, 3.63) is 59.3 Å².